The first-order valence-corrected chi connectivity index (χ1v) is 6.11. The second-order valence-corrected chi connectivity index (χ2v) is 5.48. The first kappa shape index (κ1) is 10.9. The minimum atomic E-state index is 0.422. The summed E-state index contributed by atoms with van der Waals surface area (Å²) in [6.45, 7) is 4.68. The molecule has 0 aromatic carbocycles. The van der Waals surface area contributed by atoms with Crippen LogP contribution in [0.15, 0.2) is 0 Å². The minimum absolute atomic E-state index is 0.422. The second-order valence-electron chi connectivity index (χ2n) is 5.21. The van der Waals surface area contributed by atoms with Crippen molar-refractivity contribution in [1.82, 2.24) is 15.2 Å². The van der Waals surface area contributed by atoms with Gasteiger partial charge in [-0.15, -0.1) is 11.6 Å². The van der Waals surface area contributed by atoms with E-state index in [9.17, 15) is 0 Å². The van der Waals surface area contributed by atoms with Crippen molar-refractivity contribution in [1.29, 1.82) is 0 Å². The molecule has 0 radical (unpaired) electrons. The third kappa shape index (κ3) is 2.51. The van der Waals surface area contributed by atoms with Gasteiger partial charge in [0, 0.05) is 5.92 Å². The molecule has 1 saturated carbocycles. The van der Waals surface area contributed by atoms with Gasteiger partial charge in [-0.05, 0) is 31.1 Å². The Morgan fingerprint density at radius 2 is 2.07 bits per heavy atom. The van der Waals surface area contributed by atoms with Gasteiger partial charge in [0.1, 0.15) is 5.82 Å². The lowest BCUT2D eigenvalue weighted by molar-refractivity contribution is 0.221. The van der Waals surface area contributed by atoms with Crippen LogP contribution in [-0.2, 0) is 5.88 Å². The summed E-state index contributed by atoms with van der Waals surface area (Å²) in [4.78, 5) is 4.40. The van der Waals surface area contributed by atoms with Crippen LogP contribution < -0.4 is 0 Å². The molecule has 3 nitrogen and oxygen atoms in total. The van der Waals surface area contributed by atoms with E-state index in [1.165, 1.54) is 25.7 Å². The third-order valence-corrected chi connectivity index (χ3v) is 3.63. The van der Waals surface area contributed by atoms with Gasteiger partial charge in [-0.25, -0.2) is 4.98 Å². The summed E-state index contributed by atoms with van der Waals surface area (Å²) in [5.41, 5.74) is 0.502. The smallest absolute Gasteiger partial charge is 0.153 e. The summed E-state index contributed by atoms with van der Waals surface area (Å²) in [7, 11) is 0. The Hall–Kier alpha value is -0.570. The number of H-pyrrole nitrogens is 1. The molecular formula is C11H18ClN3. The van der Waals surface area contributed by atoms with Crippen molar-refractivity contribution in [3.63, 3.8) is 0 Å². The molecule has 15 heavy (non-hydrogen) atoms. The van der Waals surface area contributed by atoms with E-state index in [1.54, 1.807) is 0 Å². The Kier molecular flexibility index (Phi) is 3.01. The normalized spacial score (nSPS) is 21.8. The van der Waals surface area contributed by atoms with E-state index < -0.39 is 0 Å². The van der Waals surface area contributed by atoms with Crippen LogP contribution in [0.5, 0.6) is 0 Å². The lowest BCUT2D eigenvalue weighted by Crippen LogP contribution is -2.20. The highest BCUT2D eigenvalue weighted by Crippen LogP contribution is 2.41. The van der Waals surface area contributed by atoms with Crippen LogP contribution in [0.1, 0.15) is 57.1 Å². The molecule has 0 unspecified atom stereocenters. The minimum Gasteiger partial charge on any atom is -0.262 e. The summed E-state index contributed by atoms with van der Waals surface area (Å²) in [5.74, 6) is 2.70. The van der Waals surface area contributed by atoms with E-state index in [0.29, 0.717) is 17.2 Å². The molecule has 1 fully saturated rings. The first-order valence-electron chi connectivity index (χ1n) is 5.58. The van der Waals surface area contributed by atoms with Crippen molar-refractivity contribution in [2.75, 3.05) is 0 Å². The Morgan fingerprint density at radius 3 is 2.60 bits per heavy atom. The van der Waals surface area contributed by atoms with Gasteiger partial charge < -0.3 is 0 Å². The molecule has 0 spiro atoms. The van der Waals surface area contributed by atoms with Crippen LogP contribution in [0.25, 0.3) is 0 Å². The first-order chi connectivity index (χ1) is 7.11. The fourth-order valence-electron chi connectivity index (χ4n) is 2.21. The highest BCUT2D eigenvalue weighted by Gasteiger charge is 2.29. The SMILES string of the molecule is CC1(C)CCC(c2n[nH]c(CCl)n2)CC1. The number of rotatable bonds is 2. The molecule has 1 heterocycles. The van der Waals surface area contributed by atoms with Crippen molar-refractivity contribution < 1.29 is 0 Å². The molecule has 4 heteroatoms. The van der Waals surface area contributed by atoms with Crippen molar-refractivity contribution in [2.45, 2.75) is 51.3 Å². The van der Waals surface area contributed by atoms with Crippen molar-refractivity contribution in [3.05, 3.63) is 11.6 Å². The number of nitrogens with zero attached hydrogens (tertiary/aromatic N) is 2. The van der Waals surface area contributed by atoms with Gasteiger partial charge in [0.2, 0.25) is 0 Å². The van der Waals surface area contributed by atoms with E-state index >= 15 is 0 Å². The quantitative estimate of drug-likeness (QED) is 0.789. The highest BCUT2D eigenvalue weighted by atomic mass is 35.5. The van der Waals surface area contributed by atoms with Gasteiger partial charge >= 0.3 is 0 Å². The van der Waals surface area contributed by atoms with Crippen LogP contribution in [0.2, 0.25) is 0 Å². The third-order valence-electron chi connectivity index (χ3n) is 3.38. The average Bonchev–Trinajstić information content (AvgIpc) is 2.66. The number of alkyl halides is 1. The zero-order valence-corrected chi connectivity index (χ0v) is 10.1. The van der Waals surface area contributed by atoms with E-state index in [-0.39, 0.29) is 0 Å². The molecule has 0 amide bonds. The molecule has 0 bridgehead atoms. The molecule has 0 aliphatic heterocycles. The molecular weight excluding hydrogens is 210 g/mol. The zero-order chi connectivity index (χ0) is 10.9. The predicted octanol–water partition coefficient (Wildman–Crippen LogP) is 3.23. The van der Waals surface area contributed by atoms with Crippen molar-refractivity contribution in [3.8, 4) is 0 Å². The number of halogens is 1. The summed E-state index contributed by atoms with van der Waals surface area (Å²) in [6, 6.07) is 0. The maximum atomic E-state index is 5.69. The number of aromatic amines is 1. The van der Waals surface area contributed by atoms with E-state index in [2.05, 4.69) is 29.0 Å². The van der Waals surface area contributed by atoms with Gasteiger partial charge in [0.15, 0.2) is 5.82 Å². The van der Waals surface area contributed by atoms with Gasteiger partial charge in [0.05, 0.1) is 5.88 Å². The summed E-state index contributed by atoms with van der Waals surface area (Å²) in [5, 5.41) is 7.12. The Labute approximate surface area is 95.6 Å². The molecule has 1 aliphatic rings. The lowest BCUT2D eigenvalue weighted by Gasteiger charge is -2.33. The van der Waals surface area contributed by atoms with Crippen LogP contribution in [-0.4, -0.2) is 15.2 Å². The van der Waals surface area contributed by atoms with Crippen LogP contribution in [0.3, 0.4) is 0 Å². The molecule has 1 aliphatic carbocycles. The lowest BCUT2D eigenvalue weighted by atomic mass is 9.73. The van der Waals surface area contributed by atoms with Crippen LogP contribution in [0.4, 0.5) is 0 Å². The van der Waals surface area contributed by atoms with E-state index in [4.69, 9.17) is 11.6 Å². The maximum absolute atomic E-state index is 5.69. The van der Waals surface area contributed by atoms with Gasteiger partial charge in [0.25, 0.3) is 0 Å². The monoisotopic (exact) mass is 227 g/mol. The Bertz CT molecular complexity index is 322. The number of hydrogen-bond donors (Lipinski definition) is 1. The Morgan fingerprint density at radius 1 is 1.40 bits per heavy atom. The molecule has 0 saturated heterocycles. The summed E-state index contributed by atoms with van der Waals surface area (Å²) in [6.07, 6.45) is 4.93. The standard InChI is InChI=1S/C11H18ClN3/c1-11(2)5-3-8(4-6-11)10-13-9(7-12)14-15-10/h8H,3-7H2,1-2H3,(H,13,14,15). The van der Waals surface area contributed by atoms with E-state index in [1.807, 2.05) is 0 Å². The van der Waals surface area contributed by atoms with Gasteiger partial charge in [-0.1, -0.05) is 13.8 Å². The van der Waals surface area contributed by atoms with Gasteiger partial charge in [-0.2, -0.15) is 5.10 Å². The summed E-state index contributed by atoms with van der Waals surface area (Å²) < 4.78 is 0. The van der Waals surface area contributed by atoms with Crippen LogP contribution in [0, 0.1) is 5.41 Å². The maximum Gasteiger partial charge on any atom is 0.153 e. The highest BCUT2D eigenvalue weighted by molar-refractivity contribution is 6.16. The van der Waals surface area contributed by atoms with Crippen molar-refractivity contribution >= 4 is 11.6 Å². The zero-order valence-electron chi connectivity index (χ0n) is 9.39. The number of hydrogen-bond acceptors (Lipinski definition) is 2. The predicted molar refractivity (Wildman–Crippen MR) is 60.9 cm³/mol. The Balaban J connectivity index is 2.01. The molecule has 0 atom stereocenters. The number of nitrogens with one attached hydrogen (secondary N) is 1. The fourth-order valence-corrected chi connectivity index (χ4v) is 2.33. The molecule has 2 rings (SSSR count). The molecule has 1 aromatic heterocycles. The van der Waals surface area contributed by atoms with Crippen molar-refractivity contribution in [2.24, 2.45) is 5.41 Å². The second kappa shape index (κ2) is 4.12. The average molecular weight is 228 g/mol. The molecule has 1 aromatic rings. The number of aromatic nitrogens is 3. The summed E-state index contributed by atoms with van der Waals surface area (Å²) >= 11 is 5.69. The van der Waals surface area contributed by atoms with Gasteiger partial charge in [-0.3, -0.25) is 5.10 Å². The topological polar surface area (TPSA) is 41.6 Å². The fraction of sp³-hybridized carbons (Fsp3) is 0.818. The molecule has 84 valence electrons. The largest absolute Gasteiger partial charge is 0.262 e. The molecule has 1 N–H and O–H groups in total. The van der Waals surface area contributed by atoms with E-state index in [0.717, 1.165) is 11.6 Å². The van der Waals surface area contributed by atoms with Crippen LogP contribution >= 0.6 is 11.6 Å².